The monoisotopic (exact) mass is 508 g/mol. The highest BCUT2D eigenvalue weighted by molar-refractivity contribution is 7.91. The van der Waals surface area contributed by atoms with E-state index in [0.29, 0.717) is 23.0 Å². The van der Waals surface area contributed by atoms with Gasteiger partial charge in [-0.3, -0.25) is 0 Å². The lowest BCUT2D eigenvalue weighted by Crippen LogP contribution is -2.01. The average molecular weight is 509 g/mol. The summed E-state index contributed by atoms with van der Waals surface area (Å²) in [6, 6.07) is 37.6. The van der Waals surface area contributed by atoms with Crippen LogP contribution in [0.5, 0.6) is 28.7 Å². The first kappa shape index (κ1) is 24.2. The van der Waals surface area contributed by atoms with Gasteiger partial charge in [0.1, 0.15) is 28.7 Å². The van der Waals surface area contributed by atoms with Crippen molar-refractivity contribution in [3.8, 4) is 39.9 Å². The predicted molar refractivity (Wildman–Crippen MR) is 143 cm³/mol. The van der Waals surface area contributed by atoms with E-state index >= 15 is 0 Å². The Morgan fingerprint density at radius 1 is 0.432 bits per heavy atom. The Labute approximate surface area is 216 Å². The second kappa shape index (κ2) is 10.6. The molecule has 0 aliphatic rings. The van der Waals surface area contributed by atoms with Crippen molar-refractivity contribution in [2.45, 2.75) is 9.79 Å². The van der Waals surface area contributed by atoms with Crippen molar-refractivity contribution in [2.24, 2.45) is 0 Å². The Hall–Kier alpha value is -4.55. The van der Waals surface area contributed by atoms with Gasteiger partial charge in [-0.15, -0.1) is 0 Å². The van der Waals surface area contributed by atoms with Crippen molar-refractivity contribution < 1.29 is 22.6 Å². The van der Waals surface area contributed by atoms with Crippen LogP contribution >= 0.6 is 0 Å². The van der Waals surface area contributed by atoms with Crippen LogP contribution in [0.2, 0.25) is 0 Å². The minimum atomic E-state index is -3.68. The van der Waals surface area contributed by atoms with Gasteiger partial charge in [-0.1, -0.05) is 42.5 Å². The Balaban J connectivity index is 1.25. The maximum absolute atomic E-state index is 13.1. The number of ether oxygens (including phenoxy) is 3. The summed E-state index contributed by atoms with van der Waals surface area (Å²) in [7, 11) is -2.04. The topological polar surface area (TPSA) is 61.8 Å². The van der Waals surface area contributed by atoms with Crippen LogP contribution in [-0.4, -0.2) is 15.5 Å². The lowest BCUT2D eigenvalue weighted by molar-refractivity contribution is 0.415. The summed E-state index contributed by atoms with van der Waals surface area (Å²) in [5, 5.41) is 0. The zero-order valence-corrected chi connectivity index (χ0v) is 20.9. The highest BCUT2D eigenvalue weighted by atomic mass is 32.2. The summed E-state index contributed by atoms with van der Waals surface area (Å²) in [5.41, 5.74) is 2.12. The molecule has 0 aliphatic heterocycles. The van der Waals surface area contributed by atoms with Crippen molar-refractivity contribution in [3.05, 3.63) is 127 Å². The molecule has 5 aromatic carbocycles. The second-order valence-electron chi connectivity index (χ2n) is 8.22. The SMILES string of the molecule is COc1ccc(-c2ccc(Oc3ccc(S(=O)(=O)c4ccc(Oc5ccccc5)cc4)cc3)cc2)cc1. The van der Waals surface area contributed by atoms with Crippen LogP contribution in [-0.2, 0) is 9.84 Å². The van der Waals surface area contributed by atoms with Gasteiger partial charge < -0.3 is 14.2 Å². The molecule has 5 nitrogen and oxygen atoms in total. The van der Waals surface area contributed by atoms with Crippen molar-refractivity contribution >= 4 is 9.84 Å². The second-order valence-corrected chi connectivity index (χ2v) is 10.2. The maximum Gasteiger partial charge on any atom is 0.206 e. The number of sulfone groups is 1. The van der Waals surface area contributed by atoms with Crippen LogP contribution in [0.25, 0.3) is 11.1 Å². The molecular formula is C31H24O5S. The largest absolute Gasteiger partial charge is 0.497 e. The van der Waals surface area contributed by atoms with Crippen molar-refractivity contribution in [1.82, 2.24) is 0 Å². The number of methoxy groups -OCH3 is 1. The van der Waals surface area contributed by atoms with Crippen LogP contribution in [0.1, 0.15) is 0 Å². The molecule has 184 valence electrons. The van der Waals surface area contributed by atoms with Crippen LogP contribution < -0.4 is 14.2 Å². The van der Waals surface area contributed by atoms with Crippen LogP contribution in [0.3, 0.4) is 0 Å². The third kappa shape index (κ3) is 5.66. The number of para-hydroxylation sites is 1. The van der Waals surface area contributed by atoms with E-state index in [1.807, 2.05) is 78.9 Å². The molecule has 0 heterocycles. The summed E-state index contributed by atoms with van der Waals surface area (Å²) in [6.45, 7) is 0. The molecule has 0 fully saturated rings. The first-order valence-electron chi connectivity index (χ1n) is 11.6. The first-order chi connectivity index (χ1) is 18.0. The van der Waals surface area contributed by atoms with E-state index in [0.717, 1.165) is 16.9 Å². The highest BCUT2D eigenvalue weighted by Gasteiger charge is 2.18. The highest BCUT2D eigenvalue weighted by Crippen LogP contribution is 2.30. The molecule has 0 aliphatic carbocycles. The van der Waals surface area contributed by atoms with Crippen molar-refractivity contribution in [2.75, 3.05) is 7.11 Å². The Kier molecular flexibility index (Phi) is 6.92. The summed E-state index contributed by atoms with van der Waals surface area (Å²) >= 11 is 0. The first-order valence-corrected chi connectivity index (χ1v) is 13.1. The maximum atomic E-state index is 13.1. The fourth-order valence-corrected chi connectivity index (χ4v) is 5.03. The third-order valence-electron chi connectivity index (χ3n) is 5.76. The quantitative estimate of drug-likeness (QED) is 0.214. The van der Waals surface area contributed by atoms with Gasteiger partial charge in [-0.2, -0.15) is 0 Å². The normalized spacial score (nSPS) is 11.1. The summed E-state index contributed by atoms with van der Waals surface area (Å²) < 4.78 is 43.1. The van der Waals surface area contributed by atoms with E-state index in [-0.39, 0.29) is 9.79 Å². The van der Waals surface area contributed by atoms with E-state index in [9.17, 15) is 8.42 Å². The van der Waals surface area contributed by atoms with Gasteiger partial charge in [0, 0.05) is 0 Å². The minimum absolute atomic E-state index is 0.187. The van der Waals surface area contributed by atoms with Crippen LogP contribution in [0.4, 0.5) is 0 Å². The van der Waals surface area contributed by atoms with Crippen LogP contribution in [0, 0.1) is 0 Å². The molecule has 0 spiro atoms. The Bertz CT molecular complexity index is 1560. The number of hydrogen-bond acceptors (Lipinski definition) is 5. The summed E-state index contributed by atoms with van der Waals surface area (Å²) in [4.78, 5) is 0.377. The molecule has 5 aromatic rings. The van der Waals surface area contributed by atoms with E-state index in [2.05, 4.69) is 0 Å². The minimum Gasteiger partial charge on any atom is -0.497 e. The summed E-state index contributed by atoms with van der Waals surface area (Å²) in [6.07, 6.45) is 0. The van der Waals surface area contributed by atoms with E-state index in [4.69, 9.17) is 14.2 Å². The van der Waals surface area contributed by atoms with Gasteiger partial charge in [0.15, 0.2) is 0 Å². The Morgan fingerprint density at radius 2 is 0.784 bits per heavy atom. The molecule has 0 radical (unpaired) electrons. The van der Waals surface area contributed by atoms with Crippen LogP contribution in [0.15, 0.2) is 137 Å². The fourth-order valence-electron chi connectivity index (χ4n) is 3.77. The van der Waals surface area contributed by atoms with Gasteiger partial charge in [0.05, 0.1) is 16.9 Å². The van der Waals surface area contributed by atoms with E-state index in [1.54, 1.807) is 55.6 Å². The molecular weight excluding hydrogens is 484 g/mol. The van der Waals surface area contributed by atoms with E-state index < -0.39 is 9.84 Å². The molecule has 0 aromatic heterocycles. The molecule has 0 amide bonds. The van der Waals surface area contributed by atoms with Crippen molar-refractivity contribution in [3.63, 3.8) is 0 Å². The average Bonchev–Trinajstić information content (AvgIpc) is 2.95. The van der Waals surface area contributed by atoms with Gasteiger partial charge in [0.25, 0.3) is 0 Å². The summed E-state index contributed by atoms with van der Waals surface area (Å²) in [5.74, 6) is 3.25. The molecule has 0 saturated carbocycles. The standard InChI is InChI=1S/C31H24O5S/c1-34-25-11-7-23(8-12-25)24-9-13-27(14-10-24)36-29-17-21-31(22-18-29)37(32,33)30-19-15-28(16-20-30)35-26-5-3-2-4-6-26/h2-22H,1H3. The van der Waals surface area contributed by atoms with Gasteiger partial charge in [-0.25, -0.2) is 8.42 Å². The number of rotatable bonds is 8. The number of hydrogen-bond donors (Lipinski definition) is 0. The van der Waals surface area contributed by atoms with E-state index in [1.165, 1.54) is 0 Å². The molecule has 0 N–H and O–H groups in total. The fraction of sp³-hybridized carbons (Fsp3) is 0.0323. The molecule has 37 heavy (non-hydrogen) atoms. The molecule has 0 saturated heterocycles. The third-order valence-corrected chi connectivity index (χ3v) is 7.55. The van der Waals surface area contributed by atoms with Gasteiger partial charge in [0.2, 0.25) is 9.84 Å². The lowest BCUT2D eigenvalue weighted by Gasteiger charge is -2.10. The van der Waals surface area contributed by atoms with Gasteiger partial charge in [-0.05, 0) is 96.1 Å². The zero-order chi connectivity index (χ0) is 25.7. The smallest absolute Gasteiger partial charge is 0.206 e. The number of benzene rings is 5. The zero-order valence-electron chi connectivity index (χ0n) is 20.1. The lowest BCUT2D eigenvalue weighted by atomic mass is 10.1. The Morgan fingerprint density at radius 3 is 1.19 bits per heavy atom. The van der Waals surface area contributed by atoms with Gasteiger partial charge >= 0.3 is 0 Å². The molecule has 0 bridgehead atoms. The predicted octanol–water partition coefficient (Wildman–Crippen LogP) is 7.78. The van der Waals surface area contributed by atoms with Crippen molar-refractivity contribution in [1.29, 1.82) is 0 Å². The molecule has 5 rings (SSSR count). The molecule has 6 heteroatoms. The molecule has 0 atom stereocenters. The molecule has 0 unspecified atom stereocenters.